The summed E-state index contributed by atoms with van der Waals surface area (Å²) >= 11 is 0. The molecular weight excluding hydrogens is 985 g/mol. The lowest BCUT2D eigenvalue weighted by Gasteiger charge is -2.35. The molecule has 0 saturated heterocycles. The number of benzene rings is 6. The normalized spacial score (nSPS) is 16.2. The minimum Gasteiger partial charge on any atom is -0.0630 e. The first kappa shape index (κ1) is 75.6. The van der Waals surface area contributed by atoms with Gasteiger partial charge in [-0.1, -0.05) is 322 Å². The molecule has 0 amide bonds. The number of fused-ring (bicyclic) bond motifs is 6. The van der Waals surface area contributed by atoms with Crippen LogP contribution in [0.15, 0.2) is 146 Å². The predicted molar refractivity (Wildman–Crippen MR) is 374 cm³/mol. The van der Waals surface area contributed by atoms with Crippen molar-refractivity contribution in [1.29, 1.82) is 0 Å². The van der Waals surface area contributed by atoms with E-state index in [1.54, 1.807) is 70.2 Å². The minimum absolute atomic E-state index is 0.833. The van der Waals surface area contributed by atoms with E-state index < -0.39 is 0 Å². The van der Waals surface area contributed by atoms with E-state index in [9.17, 15) is 0 Å². The Morgan fingerprint density at radius 3 is 0.488 bits per heavy atom. The summed E-state index contributed by atoms with van der Waals surface area (Å²) in [5.74, 6) is 7.31. The molecular formula is C82H130. The molecule has 6 aliphatic carbocycles. The Balaban J connectivity index is 0.000000457. The Kier molecular flexibility index (Phi) is 44.1. The van der Waals surface area contributed by atoms with E-state index in [2.05, 4.69) is 270 Å². The third-order valence-electron chi connectivity index (χ3n) is 13.7. The second kappa shape index (κ2) is 47.9. The lowest BCUT2D eigenvalue weighted by Crippen LogP contribution is -2.22. The molecule has 0 atom stereocenters. The average molecular weight is 1120 g/mol. The van der Waals surface area contributed by atoms with Gasteiger partial charge in [-0.05, 0) is 193 Å². The Labute approximate surface area is 511 Å². The molecule has 0 spiro atoms. The monoisotopic (exact) mass is 1120 g/mol. The van der Waals surface area contributed by atoms with Gasteiger partial charge in [-0.25, -0.2) is 0 Å². The van der Waals surface area contributed by atoms with E-state index in [1.807, 2.05) is 0 Å². The van der Waals surface area contributed by atoms with Gasteiger partial charge in [-0.15, -0.1) is 0 Å². The standard InChI is InChI=1S/C10H18.2C10H12.C10H8.2C9H10.6C4H10/c4*1-2-6-10-8-4-3-7-9(10)5-1;2*1-2-5-9-7-3-6-8(9)4-1;6*1-4(2)3/h9-10H,1-8H2;2*1-2,5-6H,3-4,7-8H2;1-8H;2*1-2,4-5H,3,6-7H2;6*4H,1-3H3. The highest BCUT2D eigenvalue weighted by Gasteiger charge is 2.27. The van der Waals surface area contributed by atoms with Crippen molar-refractivity contribution < 1.29 is 0 Å². The van der Waals surface area contributed by atoms with Gasteiger partial charge in [0, 0.05) is 0 Å². The van der Waals surface area contributed by atoms with Crippen LogP contribution < -0.4 is 0 Å². The van der Waals surface area contributed by atoms with E-state index in [-0.39, 0.29) is 0 Å². The fraction of sp³-hybridized carbons (Fsp3) is 0.585. The molecule has 0 heterocycles. The molecule has 2 saturated carbocycles. The zero-order valence-corrected chi connectivity index (χ0v) is 57.0. The molecule has 0 nitrogen and oxygen atoms in total. The fourth-order valence-electron chi connectivity index (χ4n) is 10.4. The smallest absolute Gasteiger partial charge is 0.0184 e. The van der Waals surface area contributed by atoms with Gasteiger partial charge in [0.15, 0.2) is 0 Å². The summed E-state index contributed by atoms with van der Waals surface area (Å²) in [4.78, 5) is 0. The lowest BCUT2D eigenvalue weighted by molar-refractivity contribution is 0.171. The van der Waals surface area contributed by atoms with Crippen LogP contribution in [0.3, 0.4) is 0 Å². The molecule has 458 valence electrons. The Hall–Kier alpha value is -4.42. The quantitative estimate of drug-likeness (QED) is 0.142. The second-order valence-electron chi connectivity index (χ2n) is 28.0. The van der Waals surface area contributed by atoms with Crippen LogP contribution in [-0.4, -0.2) is 0 Å². The fourth-order valence-corrected chi connectivity index (χ4v) is 10.4. The molecule has 82 heavy (non-hydrogen) atoms. The summed E-state index contributed by atoms with van der Waals surface area (Å²) in [6, 6.07) is 51.8. The van der Waals surface area contributed by atoms with Crippen molar-refractivity contribution in [2.45, 2.75) is 266 Å². The lowest BCUT2D eigenvalue weighted by atomic mass is 9.71. The van der Waals surface area contributed by atoms with Crippen molar-refractivity contribution in [2.75, 3.05) is 0 Å². The number of hydrogen-bond donors (Lipinski definition) is 0. The van der Waals surface area contributed by atoms with Gasteiger partial charge in [0.1, 0.15) is 0 Å². The van der Waals surface area contributed by atoms with Crippen LogP contribution in [0.25, 0.3) is 10.8 Å². The summed E-state index contributed by atoms with van der Waals surface area (Å²) < 4.78 is 0. The van der Waals surface area contributed by atoms with E-state index in [4.69, 9.17) is 0 Å². The maximum atomic E-state index is 2.26. The summed E-state index contributed by atoms with van der Waals surface area (Å²) in [5.41, 5.74) is 12.6. The molecule has 2 fully saturated rings. The van der Waals surface area contributed by atoms with Gasteiger partial charge < -0.3 is 0 Å². The highest BCUT2D eigenvalue weighted by molar-refractivity contribution is 5.82. The number of rotatable bonds is 0. The van der Waals surface area contributed by atoms with Gasteiger partial charge in [0.05, 0.1) is 0 Å². The molecule has 0 aromatic heterocycles. The van der Waals surface area contributed by atoms with Crippen LogP contribution in [0.4, 0.5) is 0 Å². The van der Waals surface area contributed by atoms with Gasteiger partial charge in [-0.2, -0.15) is 0 Å². The largest absolute Gasteiger partial charge is 0.0630 e. The molecule has 12 rings (SSSR count). The highest BCUT2D eigenvalue weighted by atomic mass is 14.3. The Morgan fingerprint density at radius 2 is 0.329 bits per heavy atom. The van der Waals surface area contributed by atoms with Crippen LogP contribution in [0.1, 0.15) is 259 Å². The predicted octanol–water partition coefficient (Wildman–Crippen LogP) is 25.7. The topological polar surface area (TPSA) is 0 Å². The SMILES string of the molecule is C1CCC2CCCCC2C1.CC(C)C.CC(C)C.CC(C)C.CC(C)C.CC(C)C.CC(C)C.c1ccc2c(c1)CCC2.c1ccc2c(c1)CCC2.c1ccc2c(c1)CCCC2.c1ccc2c(c1)CCCC2.c1ccc2ccccc2c1. The Bertz CT molecular complexity index is 2040. The molecule has 0 radical (unpaired) electrons. The highest BCUT2D eigenvalue weighted by Crippen LogP contribution is 2.40. The third-order valence-corrected chi connectivity index (χ3v) is 13.7. The first-order chi connectivity index (χ1) is 39.2. The first-order valence-corrected chi connectivity index (χ1v) is 33.9. The van der Waals surface area contributed by atoms with Crippen LogP contribution in [0.2, 0.25) is 0 Å². The minimum atomic E-state index is 0.833. The molecule has 0 aliphatic heterocycles. The van der Waals surface area contributed by atoms with E-state index in [0.717, 1.165) is 47.3 Å². The van der Waals surface area contributed by atoms with Crippen LogP contribution >= 0.6 is 0 Å². The molecule has 0 N–H and O–H groups in total. The second-order valence-corrected chi connectivity index (χ2v) is 28.0. The summed E-state index contributed by atoms with van der Waals surface area (Å²) in [6.07, 6.45) is 31.0. The van der Waals surface area contributed by atoms with Crippen molar-refractivity contribution in [3.05, 3.63) is 190 Å². The zero-order chi connectivity index (χ0) is 60.9. The van der Waals surface area contributed by atoms with Gasteiger partial charge in [-0.3, -0.25) is 0 Å². The first-order valence-electron chi connectivity index (χ1n) is 33.9. The third kappa shape index (κ3) is 40.7. The average Bonchev–Trinajstić information content (AvgIpc) is 4.15. The van der Waals surface area contributed by atoms with Crippen molar-refractivity contribution in [3.63, 3.8) is 0 Å². The number of hydrogen-bond acceptors (Lipinski definition) is 0. The molecule has 6 aliphatic rings. The maximum absolute atomic E-state index is 2.26. The van der Waals surface area contributed by atoms with Gasteiger partial charge in [0.2, 0.25) is 0 Å². The molecule has 6 aromatic carbocycles. The summed E-state index contributed by atoms with van der Waals surface area (Å²) in [5, 5.41) is 2.62. The van der Waals surface area contributed by atoms with Crippen molar-refractivity contribution in [1.82, 2.24) is 0 Å². The van der Waals surface area contributed by atoms with E-state index in [0.29, 0.717) is 0 Å². The van der Waals surface area contributed by atoms with E-state index in [1.165, 1.54) is 126 Å². The van der Waals surface area contributed by atoms with Crippen molar-refractivity contribution in [3.8, 4) is 0 Å². The summed E-state index contributed by atoms with van der Waals surface area (Å²) in [7, 11) is 0. The van der Waals surface area contributed by atoms with Crippen molar-refractivity contribution >= 4 is 10.8 Å². The molecule has 6 aromatic rings. The molecule has 0 bridgehead atoms. The van der Waals surface area contributed by atoms with Gasteiger partial charge >= 0.3 is 0 Å². The summed E-state index contributed by atoms with van der Waals surface area (Å²) in [6.45, 7) is 39.0. The van der Waals surface area contributed by atoms with Crippen LogP contribution in [0, 0.1) is 47.3 Å². The Morgan fingerprint density at radius 1 is 0.195 bits per heavy atom. The number of aryl methyl sites for hydroxylation is 8. The van der Waals surface area contributed by atoms with E-state index >= 15 is 0 Å². The van der Waals surface area contributed by atoms with Crippen molar-refractivity contribution in [2.24, 2.45) is 47.3 Å². The van der Waals surface area contributed by atoms with Crippen LogP contribution in [-0.2, 0) is 51.4 Å². The van der Waals surface area contributed by atoms with Crippen LogP contribution in [0.5, 0.6) is 0 Å². The maximum Gasteiger partial charge on any atom is -0.0184 e. The zero-order valence-electron chi connectivity index (χ0n) is 57.0. The van der Waals surface area contributed by atoms with Gasteiger partial charge in [0.25, 0.3) is 0 Å². The molecule has 0 unspecified atom stereocenters. The molecule has 0 heteroatoms.